The highest BCUT2D eigenvalue weighted by Crippen LogP contribution is 2.10. The summed E-state index contributed by atoms with van der Waals surface area (Å²) in [5, 5.41) is 3.54. The largest absolute Gasteiger partial charge is 0.310 e. The summed E-state index contributed by atoms with van der Waals surface area (Å²) < 4.78 is 0. The highest BCUT2D eigenvalue weighted by molar-refractivity contribution is 6.32. The van der Waals surface area contributed by atoms with Gasteiger partial charge in [0.15, 0.2) is 0 Å². The van der Waals surface area contributed by atoms with Gasteiger partial charge in [-0.2, -0.15) is 0 Å². The first-order chi connectivity index (χ1) is 9.25. The van der Waals surface area contributed by atoms with Crippen LogP contribution in [0.3, 0.4) is 0 Å². The standard InChI is InChI=1S/C17H20BN/c1-14(16-10-5-11-17(18)13-16)19-12-6-9-15-7-3-2-4-8-15/h2-5,7-8,10-11,13-14,19H,6,9,12H2,1H3. The van der Waals surface area contributed by atoms with Gasteiger partial charge in [-0.15, -0.1) is 0 Å². The van der Waals surface area contributed by atoms with Gasteiger partial charge in [-0.3, -0.25) is 0 Å². The molecule has 0 aliphatic carbocycles. The van der Waals surface area contributed by atoms with E-state index in [9.17, 15) is 0 Å². The number of rotatable bonds is 6. The average Bonchev–Trinajstić information content (AvgIpc) is 2.44. The van der Waals surface area contributed by atoms with Gasteiger partial charge in [-0.25, -0.2) is 0 Å². The Morgan fingerprint density at radius 3 is 2.58 bits per heavy atom. The van der Waals surface area contributed by atoms with Gasteiger partial charge in [0.25, 0.3) is 0 Å². The van der Waals surface area contributed by atoms with Gasteiger partial charge in [0.2, 0.25) is 0 Å². The second kappa shape index (κ2) is 7.15. The minimum absolute atomic E-state index is 0.347. The molecule has 0 heterocycles. The van der Waals surface area contributed by atoms with E-state index in [0.717, 1.165) is 24.8 Å². The number of hydrogen-bond acceptors (Lipinski definition) is 1. The summed E-state index contributed by atoms with van der Waals surface area (Å²) in [6, 6.07) is 19.0. The van der Waals surface area contributed by atoms with E-state index >= 15 is 0 Å². The zero-order valence-corrected chi connectivity index (χ0v) is 11.5. The maximum atomic E-state index is 5.80. The number of benzene rings is 2. The van der Waals surface area contributed by atoms with Crippen LogP contribution in [0.15, 0.2) is 54.6 Å². The minimum Gasteiger partial charge on any atom is -0.310 e. The summed E-state index contributed by atoms with van der Waals surface area (Å²) in [5.41, 5.74) is 3.48. The topological polar surface area (TPSA) is 12.0 Å². The Kier molecular flexibility index (Phi) is 5.23. The molecular weight excluding hydrogens is 229 g/mol. The quantitative estimate of drug-likeness (QED) is 0.613. The molecule has 1 N–H and O–H groups in total. The van der Waals surface area contributed by atoms with E-state index in [1.54, 1.807) is 0 Å². The fraction of sp³-hybridized carbons (Fsp3) is 0.294. The molecule has 1 unspecified atom stereocenters. The van der Waals surface area contributed by atoms with Crippen LogP contribution in [0, 0.1) is 0 Å². The molecule has 2 radical (unpaired) electrons. The third kappa shape index (κ3) is 4.57. The molecule has 2 aromatic carbocycles. The molecule has 0 spiro atoms. The Labute approximate surface area is 117 Å². The molecule has 0 fully saturated rings. The molecule has 1 atom stereocenters. The lowest BCUT2D eigenvalue weighted by Crippen LogP contribution is -2.21. The number of nitrogens with one attached hydrogen (secondary N) is 1. The smallest absolute Gasteiger partial charge is 0.113 e. The minimum atomic E-state index is 0.347. The lowest BCUT2D eigenvalue weighted by molar-refractivity contribution is 0.558. The molecule has 0 saturated carbocycles. The van der Waals surface area contributed by atoms with Crippen molar-refractivity contribution in [3.63, 3.8) is 0 Å². The molecule has 0 aromatic heterocycles. The van der Waals surface area contributed by atoms with Crippen molar-refractivity contribution < 1.29 is 0 Å². The first kappa shape index (κ1) is 13.9. The van der Waals surface area contributed by atoms with E-state index in [-0.39, 0.29) is 0 Å². The van der Waals surface area contributed by atoms with E-state index in [0.29, 0.717) is 6.04 Å². The fourth-order valence-corrected chi connectivity index (χ4v) is 2.20. The van der Waals surface area contributed by atoms with E-state index in [4.69, 9.17) is 7.85 Å². The SMILES string of the molecule is [B]c1cccc(C(C)NCCCc2ccccc2)c1. The summed E-state index contributed by atoms with van der Waals surface area (Å²) >= 11 is 0. The first-order valence-electron chi connectivity index (χ1n) is 6.88. The Hall–Kier alpha value is -1.54. The fourth-order valence-electron chi connectivity index (χ4n) is 2.20. The number of hydrogen-bond donors (Lipinski definition) is 1. The van der Waals surface area contributed by atoms with Gasteiger partial charge in [0, 0.05) is 6.04 Å². The lowest BCUT2D eigenvalue weighted by atomic mass is 9.93. The third-order valence-corrected chi connectivity index (χ3v) is 3.35. The van der Waals surface area contributed by atoms with Crippen molar-refractivity contribution in [3.8, 4) is 0 Å². The van der Waals surface area contributed by atoms with Crippen LogP contribution in [0.2, 0.25) is 0 Å². The molecule has 0 amide bonds. The van der Waals surface area contributed by atoms with Crippen LogP contribution in [-0.4, -0.2) is 14.4 Å². The average molecular weight is 249 g/mol. The van der Waals surface area contributed by atoms with Crippen LogP contribution in [0.5, 0.6) is 0 Å². The Morgan fingerprint density at radius 2 is 1.84 bits per heavy atom. The van der Waals surface area contributed by atoms with Crippen molar-refractivity contribution in [2.45, 2.75) is 25.8 Å². The number of aryl methyl sites for hydroxylation is 1. The molecule has 0 aliphatic rings. The summed E-state index contributed by atoms with van der Waals surface area (Å²) in [5.74, 6) is 0. The van der Waals surface area contributed by atoms with Gasteiger partial charge >= 0.3 is 0 Å². The van der Waals surface area contributed by atoms with Crippen LogP contribution in [-0.2, 0) is 6.42 Å². The second-order valence-electron chi connectivity index (χ2n) is 4.94. The van der Waals surface area contributed by atoms with Crippen LogP contribution in [0.4, 0.5) is 0 Å². The first-order valence-corrected chi connectivity index (χ1v) is 6.88. The zero-order chi connectivity index (χ0) is 13.5. The van der Waals surface area contributed by atoms with E-state index in [1.807, 2.05) is 18.2 Å². The van der Waals surface area contributed by atoms with Crippen molar-refractivity contribution in [2.24, 2.45) is 0 Å². The third-order valence-electron chi connectivity index (χ3n) is 3.35. The molecular formula is C17H20BN. The van der Waals surface area contributed by atoms with Gasteiger partial charge in [0.1, 0.15) is 7.85 Å². The van der Waals surface area contributed by atoms with Crippen molar-refractivity contribution in [3.05, 3.63) is 65.7 Å². The Balaban J connectivity index is 1.74. The molecule has 0 bridgehead atoms. The van der Waals surface area contributed by atoms with Gasteiger partial charge in [0.05, 0.1) is 0 Å². The van der Waals surface area contributed by atoms with Gasteiger partial charge < -0.3 is 5.32 Å². The van der Waals surface area contributed by atoms with Crippen LogP contribution in [0.25, 0.3) is 0 Å². The summed E-state index contributed by atoms with van der Waals surface area (Å²) in [6.45, 7) is 3.20. The lowest BCUT2D eigenvalue weighted by Gasteiger charge is -2.15. The van der Waals surface area contributed by atoms with E-state index in [2.05, 4.69) is 48.6 Å². The van der Waals surface area contributed by atoms with Crippen molar-refractivity contribution in [2.75, 3.05) is 6.54 Å². The molecule has 96 valence electrons. The highest BCUT2D eigenvalue weighted by Gasteiger charge is 2.03. The predicted molar refractivity (Wildman–Crippen MR) is 83.0 cm³/mol. The van der Waals surface area contributed by atoms with Gasteiger partial charge in [-0.05, 0) is 37.4 Å². The maximum absolute atomic E-state index is 5.80. The second-order valence-corrected chi connectivity index (χ2v) is 4.94. The molecule has 1 nitrogen and oxygen atoms in total. The normalized spacial score (nSPS) is 12.3. The Morgan fingerprint density at radius 1 is 1.05 bits per heavy atom. The van der Waals surface area contributed by atoms with Crippen LogP contribution >= 0.6 is 0 Å². The summed E-state index contributed by atoms with van der Waals surface area (Å²) in [7, 11) is 5.80. The zero-order valence-electron chi connectivity index (χ0n) is 11.5. The van der Waals surface area contributed by atoms with Gasteiger partial charge in [-0.1, -0.05) is 60.1 Å². The van der Waals surface area contributed by atoms with Crippen molar-refractivity contribution in [1.82, 2.24) is 5.32 Å². The molecule has 2 rings (SSSR count). The molecule has 2 aromatic rings. The van der Waals surface area contributed by atoms with E-state index < -0.39 is 0 Å². The molecule has 0 aliphatic heterocycles. The van der Waals surface area contributed by atoms with Crippen molar-refractivity contribution in [1.29, 1.82) is 0 Å². The highest BCUT2D eigenvalue weighted by atomic mass is 14.9. The van der Waals surface area contributed by atoms with Crippen LogP contribution in [0.1, 0.15) is 30.5 Å². The van der Waals surface area contributed by atoms with Crippen molar-refractivity contribution >= 4 is 13.3 Å². The molecule has 19 heavy (non-hydrogen) atoms. The predicted octanol–water partition coefficient (Wildman–Crippen LogP) is 2.76. The molecule has 0 saturated heterocycles. The van der Waals surface area contributed by atoms with E-state index in [1.165, 1.54) is 11.1 Å². The maximum Gasteiger partial charge on any atom is 0.113 e. The summed E-state index contributed by atoms with van der Waals surface area (Å²) in [4.78, 5) is 0. The van der Waals surface area contributed by atoms with Crippen LogP contribution < -0.4 is 10.8 Å². The summed E-state index contributed by atoms with van der Waals surface area (Å²) in [6.07, 6.45) is 2.27. The molecule has 2 heteroatoms. The monoisotopic (exact) mass is 249 g/mol. The Bertz CT molecular complexity index is 496.